The van der Waals surface area contributed by atoms with Gasteiger partial charge in [-0.05, 0) is 62.2 Å². The summed E-state index contributed by atoms with van der Waals surface area (Å²) in [6.07, 6.45) is 18.2. The smallest absolute Gasteiger partial charge is 0.132 e. The van der Waals surface area contributed by atoms with Crippen molar-refractivity contribution >= 4 is 0 Å². The molecule has 1 aromatic carbocycles. The van der Waals surface area contributed by atoms with Crippen molar-refractivity contribution in [3.63, 3.8) is 0 Å². The third kappa shape index (κ3) is 8.77. The summed E-state index contributed by atoms with van der Waals surface area (Å²) in [6.45, 7) is 3.81. The SMILES string of the molecule is CCCCCC1CCC(C2CCC(CCF)CC2)CC1.CCc1c(F)cc(F)cc1F. The molecular formula is C27H42F4. The summed E-state index contributed by atoms with van der Waals surface area (Å²) in [5.41, 5.74) is -0.0635. The molecule has 0 aromatic heterocycles. The van der Waals surface area contributed by atoms with Gasteiger partial charge in [0.2, 0.25) is 0 Å². The highest BCUT2D eigenvalue weighted by atomic mass is 19.1. The fourth-order valence-corrected chi connectivity index (χ4v) is 5.64. The van der Waals surface area contributed by atoms with Gasteiger partial charge in [-0.25, -0.2) is 13.2 Å². The van der Waals surface area contributed by atoms with Gasteiger partial charge < -0.3 is 0 Å². The average molecular weight is 443 g/mol. The zero-order valence-corrected chi connectivity index (χ0v) is 19.6. The van der Waals surface area contributed by atoms with Crippen molar-refractivity contribution in [3.8, 4) is 0 Å². The predicted molar refractivity (Wildman–Crippen MR) is 121 cm³/mol. The number of alkyl halides is 1. The summed E-state index contributed by atoms with van der Waals surface area (Å²) in [7, 11) is 0. The van der Waals surface area contributed by atoms with Gasteiger partial charge in [-0.15, -0.1) is 0 Å². The first-order valence-corrected chi connectivity index (χ1v) is 12.7. The van der Waals surface area contributed by atoms with Crippen LogP contribution in [0, 0.1) is 41.1 Å². The molecule has 0 N–H and O–H groups in total. The first-order chi connectivity index (χ1) is 15.0. The largest absolute Gasteiger partial charge is 0.251 e. The van der Waals surface area contributed by atoms with E-state index >= 15 is 0 Å². The fraction of sp³-hybridized carbons (Fsp3) is 0.778. The van der Waals surface area contributed by atoms with E-state index in [4.69, 9.17) is 0 Å². The normalized spacial score (nSPS) is 26.3. The van der Waals surface area contributed by atoms with Gasteiger partial charge in [0.1, 0.15) is 17.5 Å². The molecule has 3 rings (SSSR count). The van der Waals surface area contributed by atoms with Gasteiger partial charge in [-0.2, -0.15) is 0 Å². The van der Waals surface area contributed by atoms with Crippen LogP contribution in [-0.4, -0.2) is 6.67 Å². The minimum atomic E-state index is -0.878. The van der Waals surface area contributed by atoms with Crippen molar-refractivity contribution in [2.75, 3.05) is 6.67 Å². The van der Waals surface area contributed by atoms with Crippen LogP contribution in [0.4, 0.5) is 17.6 Å². The number of hydrogen-bond acceptors (Lipinski definition) is 0. The molecule has 0 aliphatic heterocycles. The second kappa shape index (κ2) is 14.2. The monoisotopic (exact) mass is 442 g/mol. The van der Waals surface area contributed by atoms with Crippen molar-refractivity contribution < 1.29 is 17.6 Å². The first-order valence-electron chi connectivity index (χ1n) is 12.7. The molecule has 0 heterocycles. The Kier molecular flexibility index (Phi) is 12.0. The zero-order chi connectivity index (χ0) is 22.6. The highest BCUT2D eigenvalue weighted by Gasteiger charge is 2.30. The zero-order valence-electron chi connectivity index (χ0n) is 19.6. The quantitative estimate of drug-likeness (QED) is 0.278. The van der Waals surface area contributed by atoms with E-state index in [0.29, 0.717) is 18.1 Å². The van der Waals surface area contributed by atoms with Gasteiger partial charge in [0.15, 0.2) is 0 Å². The van der Waals surface area contributed by atoms with Gasteiger partial charge >= 0.3 is 0 Å². The molecule has 0 unspecified atom stereocenters. The molecular weight excluding hydrogens is 400 g/mol. The number of unbranched alkanes of at least 4 members (excludes halogenated alkanes) is 2. The van der Waals surface area contributed by atoms with Gasteiger partial charge in [-0.1, -0.05) is 65.2 Å². The maximum atomic E-state index is 12.6. The van der Waals surface area contributed by atoms with Crippen LogP contribution in [0.15, 0.2) is 12.1 Å². The molecule has 0 atom stereocenters. The van der Waals surface area contributed by atoms with Crippen molar-refractivity contribution in [1.29, 1.82) is 0 Å². The number of halogens is 4. The lowest BCUT2D eigenvalue weighted by atomic mass is 9.68. The molecule has 2 saturated carbocycles. The number of benzene rings is 1. The van der Waals surface area contributed by atoms with Gasteiger partial charge in [0, 0.05) is 17.7 Å². The van der Waals surface area contributed by atoms with Crippen molar-refractivity contribution in [3.05, 3.63) is 35.1 Å². The third-order valence-electron chi connectivity index (χ3n) is 7.64. The molecule has 2 fully saturated rings. The minimum Gasteiger partial charge on any atom is -0.251 e. The van der Waals surface area contributed by atoms with E-state index in [1.54, 1.807) is 6.92 Å². The van der Waals surface area contributed by atoms with Crippen LogP contribution in [0.3, 0.4) is 0 Å². The van der Waals surface area contributed by atoms with Crippen molar-refractivity contribution in [2.24, 2.45) is 23.7 Å². The molecule has 0 bridgehead atoms. The molecule has 0 radical (unpaired) electrons. The summed E-state index contributed by atoms with van der Waals surface area (Å²) < 4.78 is 49.9. The Morgan fingerprint density at radius 1 is 0.710 bits per heavy atom. The van der Waals surface area contributed by atoms with Crippen LogP contribution in [0.25, 0.3) is 0 Å². The predicted octanol–water partition coefficient (Wildman–Crippen LogP) is 9.21. The van der Waals surface area contributed by atoms with Crippen LogP contribution in [0.1, 0.15) is 103 Å². The Bertz CT molecular complexity index is 591. The third-order valence-corrected chi connectivity index (χ3v) is 7.64. The van der Waals surface area contributed by atoms with E-state index in [0.717, 1.165) is 24.2 Å². The molecule has 178 valence electrons. The summed E-state index contributed by atoms with van der Waals surface area (Å²) >= 11 is 0. The van der Waals surface area contributed by atoms with Crippen molar-refractivity contribution in [2.45, 2.75) is 104 Å². The lowest BCUT2D eigenvalue weighted by molar-refractivity contribution is 0.138. The second-order valence-corrected chi connectivity index (χ2v) is 9.74. The Hall–Kier alpha value is -1.06. The lowest BCUT2D eigenvalue weighted by Gasteiger charge is -2.37. The van der Waals surface area contributed by atoms with E-state index in [9.17, 15) is 17.6 Å². The van der Waals surface area contributed by atoms with Crippen LogP contribution >= 0.6 is 0 Å². The van der Waals surface area contributed by atoms with Gasteiger partial charge in [0.25, 0.3) is 0 Å². The summed E-state index contributed by atoms with van der Waals surface area (Å²) in [5, 5.41) is 0. The molecule has 2 aliphatic carbocycles. The van der Waals surface area contributed by atoms with Gasteiger partial charge in [-0.3, -0.25) is 4.39 Å². The molecule has 0 saturated heterocycles. The van der Waals surface area contributed by atoms with E-state index in [2.05, 4.69) is 6.92 Å². The van der Waals surface area contributed by atoms with E-state index < -0.39 is 17.5 Å². The van der Waals surface area contributed by atoms with Crippen LogP contribution < -0.4 is 0 Å². The van der Waals surface area contributed by atoms with E-state index in [-0.39, 0.29) is 18.7 Å². The fourth-order valence-electron chi connectivity index (χ4n) is 5.64. The van der Waals surface area contributed by atoms with Crippen LogP contribution in [0.2, 0.25) is 0 Å². The van der Waals surface area contributed by atoms with E-state index in [1.807, 2.05) is 0 Å². The maximum absolute atomic E-state index is 12.6. The van der Waals surface area contributed by atoms with Crippen molar-refractivity contribution in [1.82, 2.24) is 0 Å². The topological polar surface area (TPSA) is 0 Å². The standard InChI is InChI=1S/C19H35F.C8H7F3/c1-2-3-4-5-16-6-10-18(11-7-16)19-12-8-17(9-13-19)14-15-20;1-2-6-7(10)3-5(9)4-8(6)11/h16-19H,2-15H2,1H3;3-4H,2H2,1H3. The van der Waals surface area contributed by atoms with Crippen LogP contribution in [-0.2, 0) is 6.42 Å². The molecule has 0 nitrogen and oxygen atoms in total. The Morgan fingerprint density at radius 3 is 1.61 bits per heavy atom. The highest BCUT2D eigenvalue weighted by molar-refractivity contribution is 5.20. The molecule has 0 spiro atoms. The second-order valence-electron chi connectivity index (χ2n) is 9.74. The Balaban J connectivity index is 0.000000262. The minimum absolute atomic E-state index is 0.0635. The number of hydrogen-bond donors (Lipinski definition) is 0. The average Bonchev–Trinajstić information content (AvgIpc) is 2.75. The Morgan fingerprint density at radius 2 is 1.19 bits per heavy atom. The highest BCUT2D eigenvalue weighted by Crippen LogP contribution is 2.42. The first kappa shape index (κ1) is 26.2. The molecule has 4 heteroatoms. The summed E-state index contributed by atoms with van der Waals surface area (Å²) in [4.78, 5) is 0. The molecule has 2 aliphatic rings. The maximum Gasteiger partial charge on any atom is 0.132 e. The molecule has 0 amide bonds. The van der Waals surface area contributed by atoms with Gasteiger partial charge in [0.05, 0.1) is 6.67 Å². The number of rotatable bonds is 8. The summed E-state index contributed by atoms with van der Waals surface area (Å²) in [5.74, 6) is 1.25. The van der Waals surface area contributed by atoms with E-state index in [1.165, 1.54) is 77.0 Å². The lowest BCUT2D eigenvalue weighted by Crippen LogP contribution is -2.26. The summed E-state index contributed by atoms with van der Waals surface area (Å²) in [6, 6.07) is 1.36. The molecule has 31 heavy (non-hydrogen) atoms. The molecule has 1 aromatic rings. The van der Waals surface area contributed by atoms with Crippen LogP contribution in [0.5, 0.6) is 0 Å². The Labute approximate surface area is 187 Å².